The van der Waals surface area contributed by atoms with Crippen molar-refractivity contribution in [2.24, 2.45) is 34.5 Å². The largest absolute Gasteiger partial charge is 0.508 e. The Bertz CT molecular complexity index is 2100. The van der Waals surface area contributed by atoms with Crippen LogP contribution >= 0.6 is 0 Å². The first-order valence-electron chi connectivity index (χ1n) is 21.8. The fourth-order valence-corrected chi connectivity index (χ4v) is 12.8. The van der Waals surface area contributed by atoms with E-state index in [1.165, 1.54) is 41.5 Å². The van der Waals surface area contributed by atoms with Gasteiger partial charge in [-0.25, -0.2) is 9.59 Å². The maximum absolute atomic E-state index is 12.6. The van der Waals surface area contributed by atoms with Crippen LogP contribution in [0.25, 0.3) is 0 Å². The van der Waals surface area contributed by atoms with Crippen LogP contribution in [0, 0.1) is 34.5 Å². The minimum absolute atomic E-state index is 0.0207. The molecule has 304 valence electrons. The number of hydrogen-bond acceptors (Lipinski definition) is 6. The summed E-state index contributed by atoms with van der Waals surface area (Å²) in [6.45, 7) is 10.7. The first-order chi connectivity index (χ1) is 28.1. The Kier molecular flexibility index (Phi) is 11.4. The van der Waals surface area contributed by atoms with Crippen molar-refractivity contribution in [3.8, 4) is 11.5 Å². The van der Waals surface area contributed by atoms with E-state index in [9.17, 15) is 19.8 Å². The maximum atomic E-state index is 12.6. The molecule has 0 aliphatic heterocycles. The van der Waals surface area contributed by atoms with Crippen molar-refractivity contribution < 1.29 is 29.3 Å². The Hall–Kier alpha value is -4.68. The number of ether oxygens (including phenoxy) is 2. The van der Waals surface area contributed by atoms with Crippen molar-refractivity contribution in [1.29, 1.82) is 0 Å². The second kappa shape index (κ2) is 16.5. The highest BCUT2D eigenvalue weighted by Gasteiger charge is 2.57. The van der Waals surface area contributed by atoms with Gasteiger partial charge in [-0.05, 0) is 189 Å². The molecule has 6 heteroatoms. The third kappa shape index (κ3) is 7.31. The molecule has 10 rings (SSSR count). The zero-order valence-corrected chi connectivity index (χ0v) is 34.3. The molecule has 58 heavy (non-hydrogen) atoms. The molecule has 4 saturated carbocycles. The number of carbonyl (C=O) groups is 2. The van der Waals surface area contributed by atoms with Gasteiger partial charge in [0.15, 0.2) is 0 Å². The van der Waals surface area contributed by atoms with Crippen molar-refractivity contribution in [3.63, 3.8) is 0 Å². The molecule has 0 heterocycles. The van der Waals surface area contributed by atoms with E-state index < -0.39 is 0 Å². The number of hydrogen-bond donors (Lipinski definition) is 2. The van der Waals surface area contributed by atoms with Gasteiger partial charge in [-0.15, -0.1) is 13.2 Å². The molecule has 4 aromatic carbocycles. The van der Waals surface area contributed by atoms with E-state index in [-0.39, 0.29) is 35.0 Å². The van der Waals surface area contributed by atoms with Crippen molar-refractivity contribution in [3.05, 3.63) is 144 Å². The van der Waals surface area contributed by atoms with Crippen LogP contribution in [0.4, 0.5) is 0 Å². The number of aliphatic hydroxyl groups is 1. The summed E-state index contributed by atoms with van der Waals surface area (Å²) in [5.41, 5.74) is 6.97. The van der Waals surface area contributed by atoms with Gasteiger partial charge in [0.05, 0.1) is 17.2 Å². The monoisotopic (exact) mass is 780 g/mol. The second-order valence-corrected chi connectivity index (χ2v) is 18.3. The SMILES string of the molecule is C=C.CC12CCC3c4ccc(O)cc4CCC3C1CCC2OC(=O)c1ccccc1.CC12CCC3c4ccc(OC(=O)c5ccccc5)cc4CCC3C1CCC2O. The van der Waals surface area contributed by atoms with Gasteiger partial charge in [0, 0.05) is 5.41 Å². The minimum Gasteiger partial charge on any atom is -0.508 e. The van der Waals surface area contributed by atoms with E-state index in [4.69, 9.17) is 9.47 Å². The van der Waals surface area contributed by atoms with Gasteiger partial charge in [-0.3, -0.25) is 0 Å². The highest BCUT2D eigenvalue weighted by molar-refractivity contribution is 5.91. The number of phenols is 1. The minimum atomic E-state index is -0.303. The average Bonchev–Trinajstić information content (AvgIpc) is 3.76. The molecule has 0 radical (unpaired) electrons. The summed E-state index contributed by atoms with van der Waals surface area (Å²) in [5, 5.41) is 20.4. The third-order valence-corrected chi connectivity index (χ3v) is 15.7. The zero-order chi connectivity index (χ0) is 40.6. The number of rotatable bonds is 4. The third-order valence-electron chi connectivity index (χ3n) is 15.7. The molecule has 4 fully saturated rings. The van der Waals surface area contributed by atoms with Gasteiger partial charge in [-0.2, -0.15) is 0 Å². The van der Waals surface area contributed by atoms with Crippen LogP contribution in [0.5, 0.6) is 11.5 Å². The van der Waals surface area contributed by atoms with E-state index in [1.807, 2.05) is 66.7 Å². The summed E-state index contributed by atoms with van der Waals surface area (Å²) >= 11 is 0. The molecule has 10 unspecified atom stereocenters. The van der Waals surface area contributed by atoms with E-state index in [1.54, 1.807) is 12.1 Å². The first kappa shape index (κ1) is 40.1. The van der Waals surface area contributed by atoms with Crippen LogP contribution in [0.15, 0.2) is 110 Å². The zero-order valence-electron chi connectivity index (χ0n) is 34.3. The van der Waals surface area contributed by atoms with Crippen LogP contribution in [0.1, 0.15) is 133 Å². The lowest BCUT2D eigenvalue weighted by atomic mass is 9.55. The van der Waals surface area contributed by atoms with Crippen molar-refractivity contribution in [2.45, 2.75) is 115 Å². The topological polar surface area (TPSA) is 93.1 Å². The molecule has 0 amide bonds. The molecule has 2 N–H and O–H groups in total. The van der Waals surface area contributed by atoms with Gasteiger partial charge in [0.2, 0.25) is 0 Å². The molecule has 0 aromatic heterocycles. The Morgan fingerprint density at radius 1 is 0.621 bits per heavy atom. The Morgan fingerprint density at radius 2 is 1.16 bits per heavy atom. The summed E-state index contributed by atoms with van der Waals surface area (Å²) < 4.78 is 11.7. The van der Waals surface area contributed by atoms with Crippen LogP contribution in [-0.2, 0) is 17.6 Å². The Balaban J connectivity index is 0.000000155. The van der Waals surface area contributed by atoms with E-state index in [0.717, 1.165) is 57.8 Å². The van der Waals surface area contributed by atoms with Gasteiger partial charge in [0.25, 0.3) is 0 Å². The molecule has 0 spiro atoms. The van der Waals surface area contributed by atoms with Gasteiger partial charge in [0.1, 0.15) is 17.6 Å². The quantitative estimate of drug-likeness (QED) is 0.122. The van der Waals surface area contributed by atoms with Crippen molar-refractivity contribution >= 4 is 11.9 Å². The lowest BCUT2D eigenvalue weighted by molar-refractivity contribution is -0.0427. The van der Waals surface area contributed by atoms with Gasteiger partial charge < -0.3 is 19.7 Å². The second-order valence-electron chi connectivity index (χ2n) is 18.3. The van der Waals surface area contributed by atoms with Gasteiger partial charge in [-0.1, -0.05) is 62.4 Å². The molecule has 0 bridgehead atoms. The summed E-state index contributed by atoms with van der Waals surface area (Å²) in [4.78, 5) is 25.0. The average molecular weight is 781 g/mol. The molecule has 10 atom stereocenters. The Morgan fingerprint density at radius 3 is 1.79 bits per heavy atom. The normalized spacial score (nSPS) is 32.4. The van der Waals surface area contributed by atoms with Crippen molar-refractivity contribution in [1.82, 2.24) is 0 Å². The number of aromatic hydroxyl groups is 1. The lowest BCUT2D eigenvalue weighted by Crippen LogP contribution is -2.45. The van der Waals surface area contributed by atoms with Crippen LogP contribution in [0.2, 0.25) is 0 Å². The number of phenolic OH excluding ortho intramolecular Hbond substituents is 1. The summed E-state index contributed by atoms with van der Waals surface area (Å²) in [5.74, 6) is 4.32. The molecule has 6 aliphatic carbocycles. The predicted octanol–water partition coefficient (Wildman–Crippen LogP) is 11.4. The summed E-state index contributed by atoms with van der Waals surface area (Å²) in [6, 6.07) is 30.7. The maximum Gasteiger partial charge on any atom is 0.343 e. The van der Waals surface area contributed by atoms with Crippen LogP contribution < -0.4 is 4.74 Å². The molecular formula is C52H60O6. The molecule has 4 aromatic rings. The van der Waals surface area contributed by atoms with E-state index in [0.29, 0.717) is 58.1 Å². The van der Waals surface area contributed by atoms with E-state index in [2.05, 4.69) is 45.2 Å². The highest BCUT2D eigenvalue weighted by Crippen LogP contribution is 2.63. The smallest absolute Gasteiger partial charge is 0.343 e. The van der Waals surface area contributed by atoms with E-state index >= 15 is 0 Å². The lowest BCUT2D eigenvalue weighted by Gasteiger charge is -2.50. The number of aryl methyl sites for hydroxylation is 2. The summed E-state index contributed by atoms with van der Waals surface area (Å²) in [6.07, 6.45) is 13.1. The highest BCUT2D eigenvalue weighted by atomic mass is 16.5. The standard InChI is InChI=1S/2C25H28O3.C2H4/c1-25-14-13-20-19-10-8-18(28-24(27)16-5-3-2-4-6-16)15-17(19)7-9-21(20)22(25)11-12-23(25)26;1-25-14-13-20-19-10-8-18(26)15-17(19)7-9-21(20)22(25)11-12-23(25)28-24(27)16-5-3-2-4-6-16;1-2/h2*2-6,8,10,15,20-23,26H,7,9,11-14H2,1H3;1-2H2. The molecular weight excluding hydrogens is 721 g/mol. The molecule has 6 nitrogen and oxygen atoms in total. The fraction of sp³-hybridized carbons (Fsp3) is 0.462. The molecule has 6 aliphatic rings. The van der Waals surface area contributed by atoms with Crippen LogP contribution in [-0.4, -0.2) is 34.4 Å². The number of esters is 2. The number of fused-ring (bicyclic) bond motifs is 10. The number of benzene rings is 4. The molecule has 0 saturated heterocycles. The predicted molar refractivity (Wildman–Crippen MR) is 228 cm³/mol. The van der Waals surface area contributed by atoms with Gasteiger partial charge >= 0.3 is 11.9 Å². The summed E-state index contributed by atoms with van der Waals surface area (Å²) in [7, 11) is 0. The fourth-order valence-electron chi connectivity index (χ4n) is 12.8. The number of carbonyl (C=O) groups excluding carboxylic acids is 2. The Labute approximate surface area is 344 Å². The number of aliphatic hydroxyl groups excluding tert-OH is 1. The van der Waals surface area contributed by atoms with Crippen molar-refractivity contribution in [2.75, 3.05) is 0 Å². The van der Waals surface area contributed by atoms with Crippen LogP contribution in [0.3, 0.4) is 0 Å². The first-order valence-corrected chi connectivity index (χ1v) is 21.8.